The molecule has 2 aromatic rings. The van der Waals surface area contributed by atoms with E-state index < -0.39 is 24.1 Å². The van der Waals surface area contributed by atoms with E-state index in [4.69, 9.17) is 0 Å². The second-order valence-electron chi connectivity index (χ2n) is 6.12. The molecule has 3 rings (SSSR count). The number of nitrogens with one attached hydrogen (secondary N) is 1. The summed E-state index contributed by atoms with van der Waals surface area (Å²) in [5.41, 5.74) is 0.00865. The van der Waals surface area contributed by atoms with E-state index in [1.54, 1.807) is 24.3 Å². The highest BCUT2D eigenvalue weighted by Gasteiger charge is 2.49. The first-order valence-electron chi connectivity index (χ1n) is 8.02. The summed E-state index contributed by atoms with van der Waals surface area (Å²) in [6, 6.07) is 13.6. The first kappa shape index (κ1) is 18.3. The third-order valence-corrected chi connectivity index (χ3v) is 4.40. The molecule has 0 bridgehead atoms. The zero-order valence-corrected chi connectivity index (χ0v) is 14.3. The topological polar surface area (TPSA) is 82.4 Å². The van der Waals surface area contributed by atoms with Crippen molar-refractivity contribution in [3.63, 3.8) is 0 Å². The average Bonchev–Trinajstić information content (AvgIpc) is 2.86. The van der Waals surface area contributed by atoms with Crippen LogP contribution in [0.25, 0.3) is 0 Å². The van der Waals surface area contributed by atoms with Gasteiger partial charge in [0.15, 0.2) is 0 Å². The van der Waals surface area contributed by atoms with Crippen LogP contribution >= 0.6 is 0 Å². The van der Waals surface area contributed by atoms with Crippen molar-refractivity contribution in [2.24, 2.45) is 0 Å². The molecular formula is C19H15F2N3O3. The summed E-state index contributed by atoms with van der Waals surface area (Å²) in [5, 5.41) is 11.8. The minimum atomic E-state index is -2.95. The summed E-state index contributed by atoms with van der Waals surface area (Å²) < 4.78 is 28.8. The fourth-order valence-electron chi connectivity index (χ4n) is 2.94. The van der Waals surface area contributed by atoms with Crippen LogP contribution in [0.1, 0.15) is 23.6 Å². The van der Waals surface area contributed by atoms with Crippen LogP contribution in [0, 0.1) is 11.3 Å². The molecule has 2 aromatic carbocycles. The van der Waals surface area contributed by atoms with Gasteiger partial charge in [-0.3, -0.25) is 9.69 Å². The number of nitrogens with zero attached hydrogens (tertiary/aromatic N) is 2. The lowest BCUT2D eigenvalue weighted by atomic mass is 9.92. The van der Waals surface area contributed by atoms with Gasteiger partial charge in [-0.15, -0.1) is 0 Å². The summed E-state index contributed by atoms with van der Waals surface area (Å²) in [6.07, 6.45) is 0. The molecule has 1 fully saturated rings. The highest BCUT2D eigenvalue weighted by Crippen LogP contribution is 2.31. The zero-order valence-electron chi connectivity index (χ0n) is 14.3. The first-order valence-corrected chi connectivity index (χ1v) is 8.02. The fourth-order valence-corrected chi connectivity index (χ4v) is 2.94. The molecule has 0 saturated carbocycles. The van der Waals surface area contributed by atoms with Gasteiger partial charge in [-0.25, -0.2) is 4.79 Å². The minimum absolute atomic E-state index is 0.0451. The number of hydrogen-bond acceptors (Lipinski definition) is 4. The van der Waals surface area contributed by atoms with Crippen molar-refractivity contribution in [2.45, 2.75) is 25.6 Å². The number of urea groups is 1. The number of ether oxygens (including phenoxy) is 1. The lowest BCUT2D eigenvalue weighted by Crippen LogP contribution is -2.40. The summed E-state index contributed by atoms with van der Waals surface area (Å²) in [5.74, 6) is -0.545. The van der Waals surface area contributed by atoms with E-state index in [9.17, 15) is 23.6 Å². The number of carbonyl (C=O) groups is 2. The molecule has 1 aliphatic heterocycles. The van der Waals surface area contributed by atoms with Crippen molar-refractivity contribution >= 4 is 11.9 Å². The molecule has 0 unspecified atom stereocenters. The van der Waals surface area contributed by atoms with Gasteiger partial charge in [-0.2, -0.15) is 14.0 Å². The van der Waals surface area contributed by atoms with Crippen LogP contribution in [0.5, 0.6) is 5.75 Å². The standard InChI is InChI=1S/C19H15F2N3O3/c1-19(14-6-8-15(9-7-14)27-17(20)21)16(25)24(18(26)23-19)11-13-5-3-2-4-12(13)10-22/h2-9,17H,11H2,1H3,(H,23,26)/t19-/m1/s1. The number of hydrogen-bond donors (Lipinski definition) is 1. The summed E-state index contributed by atoms with van der Waals surface area (Å²) in [4.78, 5) is 26.3. The minimum Gasteiger partial charge on any atom is -0.435 e. The van der Waals surface area contributed by atoms with Gasteiger partial charge in [0.2, 0.25) is 0 Å². The number of rotatable bonds is 5. The Kier molecular flexibility index (Phi) is 4.77. The van der Waals surface area contributed by atoms with Crippen LogP contribution in [0.3, 0.4) is 0 Å². The number of halogens is 2. The summed E-state index contributed by atoms with van der Waals surface area (Å²) >= 11 is 0. The van der Waals surface area contributed by atoms with Crippen LogP contribution in [-0.4, -0.2) is 23.4 Å². The first-order chi connectivity index (χ1) is 12.8. The maximum absolute atomic E-state index is 12.9. The van der Waals surface area contributed by atoms with E-state index >= 15 is 0 Å². The largest absolute Gasteiger partial charge is 0.435 e. The molecule has 0 aromatic heterocycles. The SMILES string of the molecule is C[C@]1(c2ccc(OC(F)F)cc2)NC(=O)N(Cc2ccccc2C#N)C1=O. The Morgan fingerprint density at radius 2 is 1.85 bits per heavy atom. The van der Waals surface area contributed by atoms with E-state index in [0.29, 0.717) is 16.7 Å². The van der Waals surface area contributed by atoms with Crippen LogP contribution in [0.2, 0.25) is 0 Å². The van der Waals surface area contributed by atoms with Crippen molar-refractivity contribution in [3.05, 3.63) is 65.2 Å². The van der Waals surface area contributed by atoms with Gasteiger partial charge < -0.3 is 10.1 Å². The zero-order chi connectivity index (χ0) is 19.6. The number of imide groups is 1. The van der Waals surface area contributed by atoms with Gasteiger partial charge >= 0.3 is 12.6 Å². The highest BCUT2D eigenvalue weighted by atomic mass is 19.3. The van der Waals surface area contributed by atoms with Gasteiger partial charge in [-0.1, -0.05) is 30.3 Å². The summed E-state index contributed by atoms with van der Waals surface area (Å²) in [7, 11) is 0. The normalized spacial score (nSPS) is 19.1. The molecule has 3 amide bonds. The molecule has 6 nitrogen and oxygen atoms in total. The molecular weight excluding hydrogens is 356 g/mol. The highest BCUT2D eigenvalue weighted by molar-refractivity contribution is 6.07. The van der Waals surface area contributed by atoms with E-state index in [1.165, 1.54) is 31.2 Å². The smallest absolute Gasteiger partial charge is 0.387 e. The van der Waals surface area contributed by atoms with Crippen molar-refractivity contribution in [2.75, 3.05) is 0 Å². The molecule has 1 atom stereocenters. The van der Waals surface area contributed by atoms with Gasteiger partial charge in [0.1, 0.15) is 11.3 Å². The monoisotopic (exact) mass is 371 g/mol. The van der Waals surface area contributed by atoms with Gasteiger partial charge in [0.25, 0.3) is 5.91 Å². The Morgan fingerprint density at radius 3 is 2.48 bits per heavy atom. The predicted molar refractivity (Wildman–Crippen MR) is 90.7 cm³/mol. The van der Waals surface area contributed by atoms with Gasteiger partial charge in [0.05, 0.1) is 18.2 Å². The molecule has 1 heterocycles. The quantitative estimate of drug-likeness (QED) is 0.819. The number of nitriles is 1. The average molecular weight is 371 g/mol. The van der Waals surface area contributed by atoms with Crippen molar-refractivity contribution in [3.8, 4) is 11.8 Å². The van der Waals surface area contributed by atoms with Crippen molar-refractivity contribution in [1.82, 2.24) is 10.2 Å². The van der Waals surface area contributed by atoms with E-state index in [2.05, 4.69) is 10.1 Å². The second kappa shape index (κ2) is 7.03. The molecule has 1 saturated heterocycles. The number of amides is 3. The predicted octanol–water partition coefficient (Wildman–Crippen LogP) is 3.13. The van der Waals surface area contributed by atoms with E-state index in [-0.39, 0.29) is 12.3 Å². The Morgan fingerprint density at radius 1 is 1.19 bits per heavy atom. The van der Waals surface area contributed by atoms with Gasteiger partial charge in [0, 0.05) is 0 Å². The van der Waals surface area contributed by atoms with E-state index in [1.807, 2.05) is 6.07 Å². The molecule has 0 radical (unpaired) electrons. The Bertz CT molecular complexity index is 925. The lowest BCUT2D eigenvalue weighted by molar-refractivity contribution is -0.131. The van der Waals surface area contributed by atoms with Crippen LogP contribution in [0.15, 0.2) is 48.5 Å². The van der Waals surface area contributed by atoms with Crippen LogP contribution in [-0.2, 0) is 16.9 Å². The van der Waals surface area contributed by atoms with Gasteiger partial charge in [-0.05, 0) is 36.2 Å². The second-order valence-corrected chi connectivity index (χ2v) is 6.12. The number of carbonyl (C=O) groups excluding carboxylic acids is 2. The van der Waals surface area contributed by atoms with Crippen molar-refractivity contribution in [1.29, 1.82) is 5.26 Å². The van der Waals surface area contributed by atoms with Crippen LogP contribution in [0.4, 0.5) is 13.6 Å². The third-order valence-electron chi connectivity index (χ3n) is 4.40. The third kappa shape index (κ3) is 3.44. The molecule has 0 spiro atoms. The Labute approximate surface area is 154 Å². The molecule has 1 aliphatic rings. The Hall–Kier alpha value is -3.47. The maximum atomic E-state index is 12.9. The van der Waals surface area contributed by atoms with Crippen LogP contribution < -0.4 is 10.1 Å². The molecule has 27 heavy (non-hydrogen) atoms. The summed E-state index contributed by atoms with van der Waals surface area (Å²) in [6.45, 7) is -1.46. The number of alkyl halides is 2. The van der Waals surface area contributed by atoms with Crippen molar-refractivity contribution < 1.29 is 23.1 Å². The van der Waals surface area contributed by atoms with E-state index in [0.717, 1.165) is 4.90 Å². The Balaban J connectivity index is 1.85. The molecule has 8 heteroatoms. The fraction of sp³-hybridized carbons (Fsp3) is 0.211. The lowest BCUT2D eigenvalue weighted by Gasteiger charge is -2.22. The maximum Gasteiger partial charge on any atom is 0.387 e. The number of benzene rings is 2. The molecule has 1 N–H and O–H groups in total. The molecule has 0 aliphatic carbocycles. The molecule has 138 valence electrons.